The maximum absolute atomic E-state index is 12.9. The zero-order valence-electron chi connectivity index (χ0n) is 12.5. The Balaban J connectivity index is 2.33. The van der Waals surface area contributed by atoms with Crippen LogP contribution in [0.1, 0.15) is 17.1 Å². The van der Waals surface area contributed by atoms with Crippen LogP contribution in [0.3, 0.4) is 0 Å². The van der Waals surface area contributed by atoms with Crippen LogP contribution >= 0.6 is 11.3 Å². The van der Waals surface area contributed by atoms with Gasteiger partial charge in [0, 0.05) is 18.0 Å². The number of thiophene rings is 1. The molecule has 1 unspecified atom stereocenters. The van der Waals surface area contributed by atoms with Gasteiger partial charge in [-0.25, -0.2) is 17.9 Å². The third-order valence-corrected chi connectivity index (χ3v) is 7.55. The van der Waals surface area contributed by atoms with Gasteiger partial charge in [0.2, 0.25) is 0 Å². The summed E-state index contributed by atoms with van der Waals surface area (Å²) in [6.07, 6.45) is 0. The van der Waals surface area contributed by atoms with E-state index in [9.17, 15) is 16.8 Å². The van der Waals surface area contributed by atoms with Crippen LogP contribution in [0.15, 0.2) is 52.7 Å². The van der Waals surface area contributed by atoms with Crippen molar-refractivity contribution in [3.63, 3.8) is 0 Å². The lowest BCUT2D eigenvalue weighted by Gasteiger charge is -2.17. The van der Waals surface area contributed by atoms with E-state index in [2.05, 4.69) is 9.44 Å². The summed E-state index contributed by atoms with van der Waals surface area (Å²) in [4.78, 5) is 0.758. The standard InChI is InChI=1S/C14H18N2O4S3/c1-2-15-23(19,20)16-11-14(13-9-6-10-21-13)22(17,18)12-7-4-3-5-8-12/h3-10,14-16H,2,11H2,1H3. The largest absolute Gasteiger partial charge is 0.276 e. The van der Waals surface area contributed by atoms with Gasteiger partial charge in [-0.15, -0.1) is 11.3 Å². The van der Waals surface area contributed by atoms with Gasteiger partial charge in [0.15, 0.2) is 9.84 Å². The Morgan fingerprint density at radius 1 is 1.00 bits per heavy atom. The molecule has 0 spiro atoms. The third kappa shape index (κ3) is 4.61. The van der Waals surface area contributed by atoms with Crippen LogP contribution in [-0.2, 0) is 20.0 Å². The van der Waals surface area contributed by atoms with Gasteiger partial charge in [-0.2, -0.15) is 8.42 Å². The molecule has 2 aromatic rings. The van der Waals surface area contributed by atoms with E-state index in [0.29, 0.717) is 4.88 Å². The monoisotopic (exact) mass is 374 g/mol. The smallest absolute Gasteiger partial charge is 0.223 e. The van der Waals surface area contributed by atoms with Crippen LogP contribution in [0.4, 0.5) is 0 Å². The van der Waals surface area contributed by atoms with Crippen molar-refractivity contribution >= 4 is 31.4 Å². The maximum atomic E-state index is 12.9. The highest BCUT2D eigenvalue weighted by atomic mass is 32.2. The predicted molar refractivity (Wildman–Crippen MR) is 91.3 cm³/mol. The van der Waals surface area contributed by atoms with E-state index in [4.69, 9.17) is 0 Å². The fourth-order valence-electron chi connectivity index (χ4n) is 2.04. The summed E-state index contributed by atoms with van der Waals surface area (Å²) in [5.74, 6) is 0. The molecule has 1 aromatic carbocycles. The molecule has 0 aliphatic carbocycles. The van der Waals surface area contributed by atoms with Gasteiger partial charge in [0.05, 0.1) is 4.90 Å². The zero-order valence-corrected chi connectivity index (χ0v) is 14.9. The number of rotatable bonds is 8. The van der Waals surface area contributed by atoms with Crippen LogP contribution in [0, 0.1) is 0 Å². The average molecular weight is 375 g/mol. The quantitative estimate of drug-likeness (QED) is 0.736. The first kappa shape index (κ1) is 18.1. The predicted octanol–water partition coefficient (Wildman–Crippen LogP) is 1.71. The average Bonchev–Trinajstić information content (AvgIpc) is 3.02. The normalized spacial score (nSPS) is 13.8. The van der Waals surface area contributed by atoms with Crippen molar-refractivity contribution in [1.82, 2.24) is 9.44 Å². The number of nitrogens with one attached hydrogen (secondary N) is 2. The molecule has 0 fully saturated rings. The molecule has 0 aliphatic heterocycles. The Kier molecular flexibility index (Phi) is 5.93. The van der Waals surface area contributed by atoms with Crippen molar-refractivity contribution in [2.75, 3.05) is 13.1 Å². The molecule has 6 nitrogen and oxygen atoms in total. The number of hydrogen-bond acceptors (Lipinski definition) is 5. The van der Waals surface area contributed by atoms with Crippen LogP contribution in [-0.4, -0.2) is 29.9 Å². The molecular formula is C14H18N2O4S3. The molecule has 0 saturated carbocycles. The molecule has 126 valence electrons. The van der Waals surface area contributed by atoms with Crippen molar-refractivity contribution in [1.29, 1.82) is 0 Å². The highest BCUT2D eigenvalue weighted by Crippen LogP contribution is 2.31. The van der Waals surface area contributed by atoms with Crippen molar-refractivity contribution in [3.8, 4) is 0 Å². The molecule has 0 aliphatic rings. The molecule has 1 aromatic heterocycles. The van der Waals surface area contributed by atoms with Crippen molar-refractivity contribution < 1.29 is 16.8 Å². The Morgan fingerprint density at radius 3 is 2.26 bits per heavy atom. The van der Waals surface area contributed by atoms with Crippen molar-refractivity contribution in [2.24, 2.45) is 0 Å². The SMILES string of the molecule is CCNS(=O)(=O)NCC(c1cccs1)S(=O)(=O)c1ccccc1. The van der Waals surface area contributed by atoms with Crippen molar-refractivity contribution in [2.45, 2.75) is 17.1 Å². The molecule has 2 N–H and O–H groups in total. The van der Waals surface area contributed by atoms with Gasteiger partial charge >= 0.3 is 0 Å². The van der Waals surface area contributed by atoms with Crippen LogP contribution in [0.5, 0.6) is 0 Å². The van der Waals surface area contributed by atoms with E-state index >= 15 is 0 Å². The minimum Gasteiger partial charge on any atom is -0.223 e. The Labute approximate surface area is 140 Å². The molecular weight excluding hydrogens is 356 g/mol. The summed E-state index contributed by atoms with van der Waals surface area (Å²) in [6.45, 7) is 1.65. The lowest BCUT2D eigenvalue weighted by atomic mass is 10.3. The highest BCUT2D eigenvalue weighted by Gasteiger charge is 2.31. The fraction of sp³-hybridized carbons (Fsp3) is 0.286. The first-order valence-electron chi connectivity index (χ1n) is 6.93. The van der Waals surface area contributed by atoms with Gasteiger partial charge in [0.25, 0.3) is 10.2 Å². The maximum Gasteiger partial charge on any atom is 0.276 e. The van der Waals surface area contributed by atoms with E-state index < -0.39 is 25.3 Å². The first-order chi connectivity index (χ1) is 10.9. The lowest BCUT2D eigenvalue weighted by molar-refractivity contribution is 0.561. The van der Waals surface area contributed by atoms with E-state index in [0.717, 1.165) is 0 Å². The van der Waals surface area contributed by atoms with Gasteiger partial charge in [-0.1, -0.05) is 31.2 Å². The number of benzene rings is 1. The second-order valence-corrected chi connectivity index (χ2v) is 9.41. The van der Waals surface area contributed by atoms with Crippen LogP contribution in [0.2, 0.25) is 0 Å². The topological polar surface area (TPSA) is 92.3 Å². The minimum absolute atomic E-state index is 0.168. The molecule has 1 heterocycles. The van der Waals surface area contributed by atoms with Crippen molar-refractivity contribution in [3.05, 3.63) is 52.7 Å². The summed E-state index contributed by atoms with van der Waals surface area (Å²) in [5.41, 5.74) is 0. The molecule has 0 radical (unpaired) electrons. The molecule has 0 saturated heterocycles. The molecule has 9 heteroatoms. The molecule has 1 atom stereocenters. The zero-order chi connectivity index (χ0) is 16.9. The van der Waals surface area contributed by atoms with E-state index in [1.165, 1.54) is 23.5 Å². The summed E-state index contributed by atoms with van der Waals surface area (Å²) >= 11 is 1.28. The van der Waals surface area contributed by atoms with Gasteiger partial charge in [-0.3, -0.25) is 0 Å². The summed E-state index contributed by atoms with van der Waals surface area (Å²) in [5, 5.41) is 0.792. The van der Waals surface area contributed by atoms with Gasteiger partial charge in [-0.05, 0) is 23.6 Å². The second-order valence-electron chi connectivity index (χ2n) is 4.71. The summed E-state index contributed by atoms with van der Waals surface area (Å²) in [6, 6.07) is 11.5. The van der Waals surface area contributed by atoms with E-state index in [1.54, 1.807) is 42.6 Å². The number of sulfone groups is 1. The summed E-state index contributed by atoms with van der Waals surface area (Å²) in [7, 11) is -7.43. The van der Waals surface area contributed by atoms with Gasteiger partial charge < -0.3 is 0 Å². The summed E-state index contributed by atoms with van der Waals surface area (Å²) < 4.78 is 53.8. The number of hydrogen-bond donors (Lipinski definition) is 2. The molecule has 0 bridgehead atoms. The second kappa shape index (κ2) is 7.54. The van der Waals surface area contributed by atoms with Crippen LogP contribution in [0.25, 0.3) is 0 Å². The Hall–Kier alpha value is -1.26. The minimum atomic E-state index is -3.72. The van der Waals surface area contributed by atoms with E-state index in [1.807, 2.05) is 0 Å². The van der Waals surface area contributed by atoms with Gasteiger partial charge in [0.1, 0.15) is 5.25 Å². The molecule has 0 amide bonds. The molecule has 2 rings (SSSR count). The first-order valence-corrected chi connectivity index (χ1v) is 10.8. The molecule has 23 heavy (non-hydrogen) atoms. The Bertz CT molecular complexity index is 816. The highest BCUT2D eigenvalue weighted by molar-refractivity contribution is 7.92. The fourth-order valence-corrected chi connectivity index (χ4v) is 5.82. The Morgan fingerprint density at radius 2 is 1.70 bits per heavy atom. The van der Waals surface area contributed by atoms with E-state index in [-0.39, 0.29) is 18.0 Å². The van der Waals surface area contributed by atoms with Crippen LogP contribution < -0.4 is 9.44 Å². The lowest BCUT2D eigenvalue weighted by Crippen LogP contribution is -2.39. The third-order valence-electron chi connectivity index (χ3n) is 3.10.